The van der Waals surface area contributed by atoms with E-state index in [9.17, 15) is 4.39 Å². The van der Waals surface area contributed by atoms with Gasteiger partial charge in [-0.1, -0.05) is 31.0 Å². The summed E-state index contributed by atoms with van der Waals surface area (Å²) < 4.78 is 13.6. The van der Waals surface area contributed by atoms with E-state index in [-0.39, 0.29) is 16.3 Å². The Morgan fingerprint density at radius 3 is 2.56 bits per heavy atom. The van der Waals surface area contributed by atoms with E-state index < -0.39 is 0 Å². The number of rotatable bonds is 3. The van der Waals surface area contributed by atoms with Gasteiger partial charge in [-0.15, -0.1) is 0 Å². The molecule has 1 aliphatic carbocycles. The van der Waals surface area contributed by atoms with E-state index in [0.717, 1.165) is 18.4 Å². The Labute approximate surface area is 101 Å². The van der Waals surface area contributed by atoms with Crippen LogP contribution in [0.3, 0.4) is 0 Å². The molecule has 0 unspecified atom stereocenters. The Kier molecular flexibility index (Phi) is 3.22. The van der Waals surface area contributed by atoms with Crippen LogP contribution >= 0.6 is 11.6 Å². The molecule has 0 spiro atoms. The van der Waals surface area contributed by atoms with Crippen molar-refractivity contribution in [1.29, 1.82) is 0 Å². The fourth-order valence-corrected chi connectivity index (χ4v) is 2.66. The second kappa shape index (κ2) is 4.34. The van der Waals surface area contributed by atoms with E-state index in [4.69, 9.17) is 17.3 Å². The first kappa shape index (κ1) is 11.9. The molecular formula is C13H17ClFN. The summed E-state index contributed by atoms with van der Waals surface area (Å²) in [6.07, 6.45) is 4.05. The molecule has 0 amide bonds. The number of benzene rings is 1. The van der Waals surface area contributed by atoms with Crippen LogP contribution in [0.5, 0.6) is 0 Å². The summed E-state index contributed by atoms with van der Waals surface area (Å²) in [5.41, 5.74) is 7.71. The molecule has 0 atom stereocenters. The quantitative estimate of drug-likeness (QED) is 0.862. The molecule has 16 heavy (non-hydrogen) atoms. The van der Waals surface area contributed by atoms with Gasteiger partial charge in [-0.25, -0.2) is 4.39 Å². The summed E-state index contributed by atoms with van der Waals surface area (Å²) in [5, 5.41) is 0.231. The summed E-state index contributed by atoms with van der Waals surface area (Å²) >= 11 is 5.93. The lowest BCUT2D eigenvalue weighted by molar-refractivity contribution is 0.252. The fourth-order valence-electron chi connectivity index (χ4n) is 2.42. The SMILES string of the molecule is CCc1cc(C2(CN)CCC2)cc(Cl)c1F. The summed E-state index contributed by atoms with van der Waals surface area (Å²) in [4.78, 5) is 0. The Morgan fingerprint density at radius 2 is 2.12 bits per heavy atom. The van der Waals surface area contributed by atoms with Crippen molar-refractivity contribution in [1.82, 2.24) is 0 Å². The van der Waals surface area contributed by atoms with E-state index in [0.29, 0.717) is 18.5 Å². The van der Waals surface area contributed by atoms with Gasteiger partial charge in [0.1, 0.15) is 5.82 Å². The number of halogens is 2. The molecule has 0 radical (unpaired) electrons. The molecule has 0 aliphatic heterocycles. The molecule has 1 fully saturated rings. The van der Waals surface area contributed by atoms with E-state index in [1.807, 2.05) is 13.0 Å². The molecule has 0 heterocycles. The van der Waals surface area contributed by atoms with Crippen LogP contribution in [0.4, 0.5) is 4.39 Å². The van der Waals surface area contributed by atoms with E-state index in [1.165, 1.54) is 6.42 Å². The van der Waals surface area contributed by atoms with Crippen molar-refractivity contribution in [2.75, 3.05) is 6.54 Å². The Hall–Kier alpha value is -0.600. The molecule has 1 aromatic rings. The van der Waals surface area contributed by atoms with Gasteiger partial charge in [-0.3, -0.25) is 0 Å². The van der Waals surface area contributed by atoms with Crippen molar-refractivity contribution < 1.29 is 4.39 Å². The summed E-state index contributed by atoms with van der Waals surface area (Å²) in [7, 11) is 0. The maximum atomic E-state index is 13.6. The highest BCUT2D eigenvalue weighted by atomic mass is 35.5. The molecule has 1 saturated carbocycles. The lowest BCUT2D eigenvalue weighted by Gasteiger charge is -2.41. The third-order valence-electron chi connectivity index (χ3n) is 3.80. The van der Waals surface area contributed by atoms with Crippen molar-refractivity contribution in [3.05, 3.63) is 34.1 Å². The van der Waals surface area contributed by atoms with Crippen LogP contribution in [0, 0.1) is 5.82 Å². The number of nitrogens with two attached hydrogens (primary N) is 1. The minimum absolute atomic E-state index is 0.0568. The zero-order valence-electron chi connectivity index (χ0n) is 9.52. The summed E-state index contributed by atoms with van der Waals surface area (Å²) in [6, 6.07) is 3.69. The van der Waals surface area contributed by atoms with Gasteiger partial charge in [0, 0.05) is 12.0 Å². The van der Waals surface area contributed by atoms with Crippen molar-refractivity contribution >= 4 is 11.6 Å². The van der Waals surface area contributed by atoms with Gasteiger partial charge >= 0.3 is 0 Å². The number of hydrogen-bond donors (Lipinski definition) is 1. The van der Waals surface area contributed by atoms with Gasteiger partial charge in [0.2, 0.25) is 0 Å². The minimum Gasteiger partial charge on any atom is -0.330 e. The zero-order chi connectivity index (χ0) is 11.8. The van der Waals surface area contributed by atoms with Crippen LogP contribution in [-0.4, -0.2) is 6.54 Å². The highest BCUT2D eigenvalue weighted by Gasteiger charge is 2.37. The summed E-state index contributed by atoms with van der Waals surface area (Å²) in [5.74, 6) is -0.278. The summed E-state index contributed by atoms with van der Waals surface area (Å²) in [6.45, 7) is 2.56. The van der Waals surface area contributed by atoms with Crippen LogP contribution < -0.4 is 5.73 Å². The monoisotopic (exact) mass is 241 g/mol. The van der Waals surface area contributed by atoms with Gasteiger partial charge in [-0.2, -0.15) is 0 Å². The van der Waals surface area contributed by atoms with Gasteiger partial charge in [0.25, 0.3) is 0 Å². The Bertz CT molecular complexity index is 394. The van der Waals surface area contributed by atoms with Crippen molar-refractivity contribution in [2.45, 2.75) is 38.0 Å². The molecule has 1 nitrogen and oxygen atoms in total. The Balaban J connectivity index is 2.45. The largest absolute Gasteiger partial charge is 0.330 e. The number of aryl methyl sites for hydroxylation is 1. The molecule has 0 aromatic heterocycles. The molecule has 1 aliphatic rings. The molecule has 2 N–H and O–H groups in total. The first-order valence-electron chi connectivity index (χ1n) is 5.81. The topological polar surface area (TPSA) is 26.0 Å². The highest BCUT2D eigenvalue weighted by Crippen LogP contribution is 2.44. The third kappa shape index (κ3) is 1.74. The molecule has 88 valence electrons. The van der Waals surface area contributed by atoms with Crippen molar-refractivity contribution in [3.8, 4) is 0 Å². The third-order valence-corrected chi connectivity index (χ3v) is 4.07. The van der Waals surface area contributed by atoms with Gasteiger partial charge in [0.05, 0.1) is 5.02 Å². The highest BCUT2D eigenvalue weighted by molar-refractivity contribution is 6.30. The van der Waals surface area contributed by atoms with Gasteiger partial charge < -0.3 is 5.73 Å². The average molecular weight is 242 g/mol. The van der Waals surface area contributed by atoms with Crippen molar-refractivity contribution in [3.63, 3.8) is 0 Å². The predicted octanol–water partition coefficient (Wildman–Crippen LogP) is 3.42. The van der Waals surface area contributed by atoms with Crippen LogP contribution in [-0.2, 0) is 11.8 Å². The molecule has 0 bridgehead atoms. The molecule has 0 saturated heterocycles. The van der Waals surface area contributed by atoms with Crippen LogP contribution in [0.2, 0.25) is 5.02 Å². The molecule has 1 aromatic carbocycles. The maximum absolute atomic E-state index is 13.6. The first-order valence-corrected chi connectivity index (χ1v) is 6.19. The molecule has 2 rings (SSSR count). The first-order chi connectivity index (χ1) is 7.63. The predicted molar refractivity (Wildman–Crippen MR) is 65.4 cm³/mol. The minimum atomic E-state index is -0.278. The second-order valence-corrected chi connectivity index (χ2v) is 5.03. The number of hydrogen-bond acceptors (Lipinski definition) is 1. The second-order valence-electron chi connectivity index (χ2n) is 4.62. The standard InChI is InChI=1S/C13H17ClFN/c1-2-9-6-10(7-11(14)12(9)15)13(8-16)4-3-5-13/h6-7H,2-5,8,16H2,1H3. The maximum Gasteiger partial charge on any atom is 0.144 e. The smallest absolute Gasteiger partial charge is 0.144 e. The molecule has 3 heteroatoms. The van der Waals surface area contributed by atoms with Gasteiger partial charge in [-0.05, 0) is 36.5 Å². The Morgan fingerprint density at radius 1 is 1.44 bits per heavy atom. The van der Waals surface area contributed by atoms with Gasteiger partial charge in [0.15, 0.2) is 0 Å². The van der Waals surface area contributed by atoms with Crippen molar-refractivity contribution in [2.24, 2.45) is 5.73 Å². The molecular weight excluding hydrogens is 225 g/mol. The van der Waals surface area contributed by atoms with Crippen LogP contribution in [0.25, 0.3) is 0 Å². The van der Waals surface area contributed by atoms with E-state index in [1.54, 1.807) is 6.07 Å². The lowest BCUT2D eigenvalue weighted by atomic mass is 9.64. The van der Waals surface area contributed by atoms with Crippen LogP contribution in [0.15, 0.2) is 12.1 Å². The van der Waals surface area contributed by atoms with E-state index in [2.05, 4.69) is 0 Å². The normalized spacial score (nSPS) is 18.2. The zero-order valence-corrected chi connectivity index (χ0v) is 10.3. The lowest BCUT2D eigenvalue weighted by Crippen LogP contribution is -2.41. The average Bonchev–Trinajstić information content (AvgIpc) is 2.22. The fraction of sp³-hybridized carbons (Fsp3) is 0.538. The van der Waals surface area contributed by atoms with Crippen LogP contribution in [0.1, 0.15) is 37.3 Å². The van der Waals surface area contributed by atoms with E-state index >= 15 is 0 Å².